The summed E-state index contributed by atoms with van der Waals surface area (Å²) >= 11 is 0. The molecule has 1 fully saturated rings. The minimum Gasteiger partial charge on any atom is -0.280 e. The second kappa shape index (κ2) is 4.81. The highest BCUT2D eigenvalue weighted by molar-refractivity contribution is 7.33. The Kier molecular flexibility index (Phi) is 3.98. The van der Waals surface area contributed by atoms with Crippen molar-refractivity contribution >= 4 is 8.25 Å². The largest absolute Gasteiger partial charge is 0.369 e. The summed E-state index contributed by atoms with van der Waals surface area (Å²) < 4.78 is 20.4. The van der Waals surface area contributed by atoms with Gasteiger partial charge >= 0.3 is 8.25 Å². The predicted octanol–water partition coefficient (Wildman–Crippen LogP) is 2.64. The van der Waals surface area contributed by atoms with Crippen molar-refractivity contribution in [2.75, 3.05) is 6.61 Å². The molecule has 1 aliphatic rings. The minimum atomic E-state index is -1.78. The summed E-state index contributed by atoms with van der Waals surface area (Å²) in [6, 6.07) is 0. The van der Waals surface area contributed by atoms with Crippen molar-refractivity contribution in [3.05, 3.63) is 0 Å². The molecule has 65 valence electrons. The summed E-state index contributed by atoms with van der Waals surface area (Å²) in [5.41, 5.74) is 0. The summed E-state index contributed by atoms with van der Waals surface area (Å²) in [5.74, 6) is 0. The highest BCUT2D eigenvalue weighted by Gasteiger charge is 2.22. The fraction of sp³-hybridized carbons (Fsp3) is 1.00. The maximum absolute atomic E-state index is 10.6. The molecule has 1 heterocycles. The van der Waals surface area contributed by atoms with Crippen molar-refractivity contribution < 1.29 is 13.6 Å². The van der Waals surface area contributed by atoms with Gasteiger partial charge in [0.15, 0.2) is 0 Å². The summed E-state index contributed by atoms with van der Waals surface area (Å²) in [6.07, 6.45) is 4.64. The monoisotopic (exact) mass is 177 g/mol. The van der Waals surface area contributed by atoms with Gasteiger partial charge in [0.2, 0.25) is 0 Å². The fourth-order valence-corrected chi connectivity index (χ4v) is 1.84. The van der Waals surface area contributed by atoms with Gasteiger partial charge in [0, 0.05) is 0 Å². The Morgan fingerprint density at radius 2 is 2.36 bits per heavy atom. The first-order valence-corrected chi connectivity index (χ1v) is 5.19. The molecule has 11 heavy (non-hydrogen) atoms. The quantitative estimate of drug-likeness (QED) is 0.489. The third kappa shape index (κ3) is 3.28. The van der Waals surface area contributed by atoms with E-state index in [-0.39, 0.29) is 6.10 Å². The molecule has 1 saturated heterocycles. The van der Waals surface area contributed by atoms with Crippen LogP contribution in [0.15, 0.2) is 0 Å². The van der Waals surface area contributed by atoms with E-state index in [1.54, 1.807) is 0 Å². The first-order chi connectivity index (χ1) is 5.33. The highest BCUT2D eigenvalue weighted by atomic mass is 31.1. The summed E-state index contributed by atoms with van der Waals surface area (Å²) in [7, 11) is -1.78. The zero-order valence-electron chi connectivity index (χ0n) is 6.78. The topological polar surface area (TPSA) is 35.5 Å². The Balaban J connectivity index is 2.04. The van der Waals surface area contributed by atoms with Gasteiger partial charge in [0.05, 0.1) is 12.7 Å². The second-order valence-corrected chi connectivity index (χ2v) is 3.66. The van der Waals surface area contributed by atoms with Gasteiger partial charge in [0.25, 0.3) is 0 Å². The second-order valence-electron chi connectivity index (χ2n) is 2.74. The molecule has 0 bridgehead atoms. The van der Waals surface area contributed by atoms with Gasteiger partial charge in [-0.3, -0.25) is 9.05 Å². The van der Waals surface area contributed by atoms with Crippen molar-refractivity contribution in [3.63, 3.8) is 0 Å². The minimum absolute atomic E-state index is 0.0881. The molecule has 0 saturated carbocycles. The van der Waals surface area contributed by atoms with E-state index in [1.807, 2.05) is 0 Å². The standard InChI is InChI=1S/C7H14O3P/c1-2-3-4-5-7-6-9-11(8)10-7/h7H,2-6H2,1H3. The molecular weight excluding hydrogens is 163 g/mol. The van der Waals surface area contributed by atoms with Crippen molar-refractivity contribution in [2.45, 2.75) is 38.7 Å². The lowest BCUT2D eigenvalue weighted by Gasteiger charge is -2.03. The maximum Gasteiger partial charge on any atom is 0.369 e. The fourth-order valence-electron chi connectivity index (χ4n) is 1.08. The number of hydrogen-bond acceptors (Lipinski definition) is 3. The van der Waals surface area contributed by atoms with E-state index in [0.717, 1.165) is 12.8 Å². The first kappa shape index (κ1) is 9.11. The van der Waals surface area contributed by atoms with E-state index in [0.29, 0.717) is 6.61 Å². The van der Waals surface area contributed by atoms with E-state index in [2.05, 4.69) is 6.92 Å². The zero-order valence-corrected chi connectivity index (χ0v) is 7.68. The van der Waals surface area contributed by atoms with E-state index < -0.39 is 8.25 Å². The van der Waals surface area contributed by atoms with Crippen LogP contribution in [0.5, 0.6) is 0 Å². The van der Waals surface area contributed by atoms with Crippen molar-refractivity contribution in [1.29, 1.82) is 0 Å². The van der Waals surface area contributed by atoms with Crippen LogP contribution in [0.1, 0.15) is 32.6 Å². The lowest BCUT2D eigenvalue weighted by molar-refractivity contribution is 0.220. The molecule has 0 aromatic carbocycles. The van der Waals surface area contributed by atoms with Crippen LogP contribution in [0, 0.1) is 0 Å². The van der Waals surface area contributed by atoms with Crippen LogP contribution in [0.2, 0.25) is 0 Å². The third-order valence-corrected chi connectivity index (χ3v) is 2.56. The lowest BCUT2D eigenvalue weighted by Crippen LogP contribution is -2.07. The van der Waals surface area contributed by atoms with E-state index in [4.69, 9.17) is 9.05 Å². The Labute approximate surface area is 68.0 Å². The van der Waals surface area contributed by atoms with Gasteiger partial charge in [-0.25, -0.2) is 4.57 Å². The van der Waals surface area contributed by atoms with Crippen LogP contribution in [0.3, 0.4) is 0 Å². The average Bonchev–Trinajstić information content (AvgIpc) is 2.37. The van der Waals surface area contributed by atoms with Crippen LogP contribution in [0.4, 0.5) is 0 Å². The first-order valence-electron chi connectivity index (χ1n) is 4.10. The van der Waals surface area contributed by atoms with Crippen LogP contribution in [-0.2, 0) is 13.6 Å². The Hall–Kier alpha value is 0.0200. The number of hydrogen-bond donors (Lipinski definition) is 0. The van der Waals surface area contributed by atoms with Crippen LogP contribution in [0.25, 0.3) is 0 Å². The Morgan fingerprint density at radius 1 is 1.55 bits per heavy atom. The molecule has 4 heteroatoms. The predicted molar refractivity (Wildman–Crippen MR) is 42.6 cm³/mol. The molecule has 0 aromatic rings. The molecular formula is C7H14O3P. The van der Waals surface area contributed by atoms with Gasteiger partial charge in [0.1, 0.15) is 0 Å². The van der Waals surface area contributed by atoms with E-state index in [9.17, 15) is 4.57 Å². The molecule has 0 N–H and O–H groups in total. The summed E-state index contributed by atoms with van der Waals surface area (Å²) in [6.45, 7) is 2.67. The summed E-state index contributed by atoms with van der Waals surface area (Å²) in [5, 5.41) is 0. The van der Waals surface area contributed by atoms with Crippen molar-refractivity contribution in [3.8, 4) is 0 Å². The van der Waals surface area contributed by atoms with E-state index in [1.165, 1.54) is 12.8 Å². The van der Waals surface area contributed by atoms with Crippen molar-refractivity contribution in [2.24, 2.45) is 0 Å². The number of rotatable bonds is 4. The van der Waals surface area contributed by atoms with Crippen LogP contribution >= 0.6 is 8.25 Å². The van der Waals surface area contributed by atoms with Gasteiger partial charge in [-0.05, 0) is 6.42 Å². The Morgan fingerprint density at radius 3 is 2.91 bits per heavy atom. The molecule has 1 aliphatic heterocycles. The van der Waals surface area contributed by atoms with Gasteiger partial charge < -0.3 is 0 Å². The summed E-state index contributed by atoms with van der Waals surface area (Å²) in [4.78, 5) is 0. The molecule has 0 spiro atoms. The molecule has 2 atom stereocenters. The average molecular weight is 177 g/mol. The van der Waals surface area contributed by atoms with Crippen molar-refractivity contribution in [1.82, 2.24) is 0 Å². The smallest absolute Gasteiger partial charge is 0.280 e. The molecule has 1 radical (unpaired) electrons. The molecule has 1 rings (SSSR count). The van der Waals surface area contributed by atoms with Crippen LogP contribution in [-0.4, -0.2) is 12.7 Å². The number of unbranched alkanes of at least 4 members (excludes halogenated alkanes) is 2. The molecule has 3 nitrogen and oxygen atoms in total. The zero-order chi connectivity index (χ0) is 8.10. The Bertz CT molecular complexity index is 138. The maximum atomic E-state index is 10.6. The van der Waals surface area contributed by atoms with Gasteiger partial charge in [-0.1, -0.05) is 26.2 Å². The SMILES string of the molecule is CCCCCC1CO[P](=O)O1. The molecule has 2 unspecified atom stereocenters. The van der Waals surface area contributed by atoms with Gasteiger partial charge in [-0.2, -0.15) is 0 Å². The molecule has 0 aliphatic carbocycles. The lowest BCUT2D eigenvalue weighted by atomic mass is 10.1. The van der Waals surface area contributed by atoms with Gasteiger partial charge in [-0.15, -0.1) is 0 Å². The normalized spacial score (nSPS) is 27.7. The third-order valence-electron chi connectivity index (χ3n) is 1.73. The molecule has 0 amide bonds. The molecule has 0 aromatic heterocycles. The van der Waals surface area contributed by atoms with E-state index >= 15 is 0 Å². The highest BCUT2D eigenvalue weighted by Crippen LogP contribution is 2.34. The van der Waals surface area contributed by atoms with Crippen LogP contribution < -0.4 is 0 Å².